The summed E-state index contributed by atoms with van der Waals surface area (Å²) >= 11 is 1.33. The van der Waals surface area contributed by atoms with E-state index in [1.165, 1.54) is 11.3 Å². The lowest BCUT2D eigenvalue weighted by atomic mass is 10.0. The number of anilines is 1. The Hall–Kier alpha value is -3.35. The van der Waals surface area contributed by atoms with Gasteiger partial charge in [-0.3, -0.25) is 9.59 Å². The van der Waals surface area contributed by atoms with Crippen LogP contribution in [0.1, 0.15) is 15.9 Å². The minimum atomic E-state index is -0.335. The number of carbonyl (C=O) groups is 2. The van der Waals surface area contributed by atoms with Gasteiger partial charge in [-0.05, 0) is 24.4 Å². The Morgan fingerprint density at radius 2 is 2.23 bits per heavy atom. The number of rotatable bonds is 6. The standard InChI is InChI=1S/C22H20BN4O3S/c1-23-27-8-7-18(11-27)21(29)24-10-20(28)26-22-25-19(14-31-22)17-4-2-3-15(9-17)5-6-16-12-30-13-16/h2-4,7-9,11,14,16H,10,12-13H2,1H3,(H,24,29)(H,25,26,28). The molecule has 4 rings (SSSR count). The summed E-state index contributed by atoms with van der Waals surface area (Å²) in [6, 6.07) is 9.53. The van der Waals surface area contributed by atoms with Crippen LogP contribution in [0.15, 0.2) is 48.1 Å². The molecule has 2 amide bonds. The first-order valence-electron chi connectivity index (χ1n) is 9.81. The predicted octanol–water partition coefficient (Wildman–Crippen LogP) is 2.49. The molecule has 1 aliphatic heterocycles. The van der Waals surface area contributed by atoms with Crippen LogP contribution >= 0.6 is 11.3 Å². The van der Waals surface area contributed by atoms with Crippen molar-refractivity contribution < 1.29 is 14.3 Å². The highest BCUT2D eigenvalue weighted by Crippen LogP contribution is 2.25. The van der Waals surface area contributed by atoms with E-state index in [1.807, 2.05) is 43.9 Å². The molecule has 0 saturated carbocycles. The zero-order chi connectivity index (χ0) is 21.6. The molecule has 1 fully saturated rings. The summed E-state index contributed by atoms with van der Waals surface area (Å²) in [5.41, 5.74) is 3.10. The first-order valence-corrected chi connectivity index (χ1v) is 10.7. The van der Waals surface area contributed by atoms with Crippen molar-refractivity contribution in [2.75, 3.05) is 25.1 Å². The Morgan fingerprint density at radius 3 is 2.97 bits per heavy atom. The second-order valence-electron chi connectivity index (χ2n) is 6.96. The van der Waals surface area contributed by atoms with Crippen LogP contribution in [-0.2, 0) is 9.53 Å². The number of thiazole rings is 1. The van der Waals surface area contributed by atoms with Crippen LogP contribution in [0.25, 0.3) is 11.3 Å². The van der Waals surface area contributed by atoms with Gasteiger partial charge in [0.1, 0.15) is 0 Å². The van der Waals surface area contributed by atoms with Crippen molar-refractivity contribution in [2.45, 2.75) is 6.82 Å². The van der Waals surface area contributed by atoms with E-state index in [1.54, 1.807) is 22.9 Å². The van der Waals surface area contributed by atoms with Crippen molar-refractivity contribution in [3.05, 3.63) is 59.2 Å². The van der Waals surface area contributed by atoms with E-state index in [4.69, 9.17) is 4.74 Å². The largest absolute Gasteiger partial charge is 0.402 e. The first kappa shape index (κ1) is 20.9. The lowest BCUT2D eigenvalue weighted by Crippen LogP contribution is -2.32. The van der Waals surface area contributed by atoms with Gasteiger partial charge in [-0.1, -0.05) is 30.8 Å². The number of ether oxygens (including phenoxy) is 1. The Bertz CT molecular complexity index is 1160. The van der Waals surface area contributed by atoms with Crippen LogP contribution in [0, 0.1) is 17.8 Å². The summed E-state index contributed by atoms with van der Waals surface area (Å²) in [4.78, 5) is 28.8. The minimum absolute atomic E-state index is 0.134. The molecule has 3 heterocycles. The van der Waals surface area contributed by atoms with Crippen LogP contribution in [0.3, 0.4) is 0 Å². The van der Waals surface area contributed by atoms with Gasteiger partial charge in [0.05, 0.1) is 36.9 Å². The van der Waals surface area contributed by atoms with Gasteiger partial charge in [-0.2, -0.15) is 0 Å². The fraction of sp³-hybridized carbons (Fsp3) is 0.227. The number of benzene rings is 1. The normalized spacial score (nSPS) is 12.9. The van der Waals surface area contributed by atoms with Crippen molar-refractivity contribution in [3.8, 4) is 23.1 Å². The second-order valence-corrected chi connectivity index (χ2v) is 7.82. The Morgan fingerprint density at radius 1 is 1.35 bits per heavy atom. The number of aromatic nitrogens is 2. The van der Waals surface area contributed by atoms with Gasteiger partial charge in [0.15, 0.2) is 5.13 Å². The zero-order valence-corrected chi connectivity index (χ0v) is 17.7. The van der Waals surface area contributed by atoms with Gasteiger partial charge < -0.3 is 19.8 Å². The highest BCUT2D eigenvalue weighted by molar-refractivity contribution is 7.14. The molecule has 1 aromatic carbocycles. The van der Waals surface area contributed by atoms with E-state index >= 15 is 0 Å². The number of nitrogens with one attached hydrogen (secondary N) is 2. The number of amides is 2. The smallest absolute Gasteiger partial charge is 0.253 e. The zero-order valence-electron chi connectivity index (χ0n) is 16.9. The number of nitrogens with zero attached hydrogens (tertiary/aromatic N) is 2. The Balaban J connectivity index is 1.32. The number of hydrogen-bond acceptors (Lipinski definition) is 5. The lowest BCUT2D eigenvalue weighted by Gasteiger charge is -2.19. The van der Waals surface area contributed by atoms with Crippen molar-refractivity contribution in [3.63, 3.8) is 0 Å². The first-order chi connectivity index (χ1) is 15.1. The lowest BCUT2D eigenvalue weighted by molar-refractivity contribution is -0.115. The Kier molecular flexibility index (Phi) is 6.50. The maximum absolute atomic E-state index is 12.2. The van der Waals surface area contributed by atoms with Crippen molar-refractivity contribution >= 4 is 35.7 Å². The van der Waals surface area contributed by atoms with Crippen LogP contribution in [-0.4, -0.2) is 48.4 Å². The highest BCUT2D eigenvalue weighted by Gasteiger charge is 2.15. The van der Waals surface area contributed by atoms with E-state index in [0.29, 0.717) is 29.8 Å². The average Bonchev–Trinajstić information content (AvgIpc) is 3.41. The average molecular weight is 431 g/mol. The maximum atomic E-state index is 12.2. The molecule has 7 nitrogen and oxygen atoms in total. The van der Waals surface area contributed by atoms with Gasteiger partial charge in [0, 0.05) is 22.7 Å². The molecule has 0 atom stereocenters. The molecule has 3 aromatic rings. The molecule has 1 saturated heterocycles. The summed E-state index contributed by atoms with van der Waals surface area (Å²) < 4.78 is 6.91. The van der Waals surface area contributed by atoms with Gasteiger partial charge in [0.25, 0.3) is 5.91 Å². The Labute approximate surface area is 185 Å². The molecule has 0 aliphatic carbocycles. The van der Waals surface area contributed by atoms with E-state index in [-0.39, 0.29) is 18.4 Å². The molecule has 155 valence electrons. The van der Waals surface area contributed by atoms with Gasteiger partial charge in [-0.25, -0.2) is 4.98 Å². The second kappa shape index (κ2) is 9.64. The molecule has 0 bridgehead atoms. The quantitative estimate of drug-likeness (QED) is 0.464. The van der Waals surface area contributed by atoms with E-state index in [0.717, 1.165) is 16.8 Å². The summed E-state index contributed by atoms with van der Waals surface area (Å²) in [7, 11) is 1.83. The molecule has 0 unspecified atom stereocenters. The number of hydrogen-bond donors (Lipinski definition) is 2. The SMILES string of the molecule is C[B]n1ccc(C(=O)NCC(=O)Nc2nc(-c3cccc(C#CC4COC4)c3)cs2)c1. The van der Waals surface area contributed by atoms with Crippen molar-refractivity contribution in [2.24, 2.45) is 5.92 Å². The topological polar surface area (TPSA) is 85.3 Å². The van der Waals surface area contributed by atoms with E-state index < -0.39 is 0 Å². The monoisotopic (exact) mass is 431 g/mol. The van der Waals surface area contributed by atoms with Gasteiger partial charge in [-0.15, -0.1) is 11.3 Å². The summed E-state index contributed by atoms with van der Waals surface area (Å²) in [6.07, 6.45) is 3.47. The van der Waals surface area contributed by atoms with E-state index in [2.05, 4.69) is 27.5 Å². The fourth-order valence-corrected chi connectivity index (χ4v) is 3.59. The van der Waals surface area contributed by atoms with Crippen LogP contribution in [0.4, 0.5) is 5.13 Å². The molecule has 2 aromatic heterocycles. The molecular weight excluding hydrogens is 411 g/mol. The third-order valence-corrected chi connectivity index (χ3v) is 5.41. The summed E-state index contributed by atoms with van der Waals surface area (Å²) in [5, 5.41) is 7.69. The number of carbonyl (C=O) groups excluding carboxylic acids is 2. The molecule has 9 heteroatoms. The third-order valence-electron chi connectivity index (χ3n) is 4.65. The van der Waals surface area contributed by atoms with Crippen LogP contribution in [0.2, 0.25) is 6.82 Å². The minimum Gasteiger partial charge on any atom is -0.402 e. The summed E-state index contributed by atoms with van der Waals surface area (Å²) in [5.74, 6) is 6.05. The van der Waals surface area contributed by atoms with E-state index in [9.17, 15) is 9.59 Å². The highest BCUT2D eigenvalue weighted by atomic mass is 32.1. The molecule has 0 spiro atoms. The molecule has 2 N–H and O–H groups in total. The fourth-order valence-electron chi connectivity index (χ4n) is 2.86. The van der Waals surface area contributed by atoms with Gasteiger partial charge in [0.2, 0.25) is 13.3 Å². The van der Waals surface area contributed by atoms with Crippen LogP contribution < -0.4 is 10.6 Å². The predicted molar refractivity (Wildman–Crippen MR) is 121 cm³/mol. The molecule has 1 radical (unpaired) electrons. The van der Waals surface area contributed by atoms with Crippen molar-refractivity contribution in [1.29, 1.82) is 0 Å². The molecule has 31 heavy (non-hydrogen) atoms. The van der Waals surface area contributed by atoms with Crippen molar-refractivity contribution in [1.82, 2.24) is 14.8 Å². The molecule has 1 aliphatic rings. The molecular formula is C22H20BN4O3S. The maximum Gasteiger partial charge on any atom is 0.253 e. The van der Waals surface area contributed by atoms with Gasteiger partial charge >= 0.3 is 0 Å². The summed E-state index contributed by atoms with van der Waals surface area (Å²) in [6.45, 7) is 3.13. The van der Waals surface area contributed by atoms with Crippen LogP contribution in [0.5, 0.6) is 0 Å². The third kappa shape index (κ3) is 5.42.